The van der Waals surface area contributed by atoms with Gasteiger partial charge < -0.3 is 20.1 Å². The van der Waals surface area contributed by atoms with Crippen molar-refractivity contribution in [2.45, 2.75) is 82.9 Å². The fourth-order valence-corrected chi connectivity index (χ4v) is 5.69. The number of piperidine rings is 1. The van der Waals surface area contributed by atoms with Gasteiger partial charge in [0.15, 0.2) is 0 Å². The van der Waals surface area contributed by atoms with Crippen molar-refractivity contribution in [2.75, 3.05) is 36.5 Å². The SMILES string of the molecule is CC1CCCCN1CCCN(C(=O)c1ccc2c(c1)CCO2)c1ccnc(NC2CCC(O)CC2)n1. The van der Waals surface area contributed by atoms with Crippen LogP contribution >= 0.6 is 0 Å². The largest absolute Gasteiger partial charge is 0.493 e. The number of nitrogens with zero attached hydrogens (tertiary/aromatic N) is 4. The normalized spacial score (nSPS) is 24.1. The molecule has 3 aliphatic rings. The number of rotatable bonds is 8. The van der Waals surface area contributed by atoms with Crippen LogP contribution in [0.15, 0.2) is 30.5 Å². The lowest BCUT2D eigenvalue weighted by atomic mass is 9.93. The van der Waals surface area contributed by atoms with Gasteiger partial charge in [0.05, 0.1) is 12.7 Å². The summed E-state index contributed by atoms with van der Waals surface area (Å²) in [7, 11) is 0. The average Bonchev–Trinajstić information content (AvgIpc) is 3.37. The smallest absolute Gasteiger partial charge is 0.259 e. The predicted octanol–water partition coefficient (Wildman–Crippen LogP) is 4.04. The zero-order valence-electron chi connectivity index (χ0n) is 21.4. The number of ether oxygens (including phenoxy) is 1. The lowest BCUT2D eigenvalue weighted by Gasteiger charge is -2.34. The maximum atomic E-state index is 13.8. The fourth-order valence-electron chi connectivity index (χ4n) is 5.69. The van der Waals surface area contributed by atoms with Gasteiger partial charge in [0, 0.05) is 43.4 Å². The second-order valence-corrected chi connectivity index (χ2v) is 10.5. The Labute approximate surface area is 214 Å². The molecule has 1 saturated carbocycles. The Hall–Kier alpha value is -2.71. The molecule has 2 fully saturated rings. The van der Waals surface area contributed by atoms with E-state index in [9.17, 15) is 9.90 Å². The number of amides is 1. The predicted molar refractivity (Wildman–Crippen MR) is 141 cm³/mol. The summed E-state index contributed by atoms with van der Waals surface area (Å²) in [6, 6.07) is 8.41. The summed E-state index contributed by atoms with van der Waals surface area (Å²) >= 11 is 0. The van der Waals surface area contributed by atoms with Gasteiger partial charge in [-0.15, -0.1) is 0 Å². The van der Waals surface area contributed by atoms with E-state index in [2.05, 4.69) is 22.1 Å². The summed E-state index contributed by atoms with van der Waals surface area (Å²) in [5.74, 6) is 2.00. The maximum Gasteiger partial charge on any atom is 0.259 e. The number of fused-ring (bicyclic) bond motifs is 1. The molecule has 1 aromatic carbocycles. The number of nitrogens with one attached hydrogen (secondary N) is 1. The average molecular weight is 494 g/mol. The molecule has 2 aromatic rings. The third kappa shape index (κ3) is 5.98. The second-order valence-electron chi connectivity index (χ2n) is 10.5. The molecule has 0 radical (unpaired) electrons. The first-order chi connectivity index (χ1) is 17.6. The van der Waals surface area contributed by atoms with Crippen molar-refractivity contribution in [3.8, 4) is 5.75 Å². The monoisotopic (exact) mass is 493 g/mol. The van der Waals surface area contributed by atoms with E-state index < -0.39 is 0 Å². The Balaban J connectivity index is 1.33. The summed E-state index contributed by atoms with van der Waals surface area (Å²) in [5, 5.41) is 13.2. The van der Waals surface area contributed by atoms with Crippen LogP contribution in [0, 0.1) is 0 Å². The maximum absolute atomic E-state index is 13.8. The molecular weight excluding hydrogens is 454 g/mol. The number of aliphatic hydroxyl groups excluding tert-OH is 1. The molecule has 2 N–H and O–H groups in total. The Bertz CT molecular complexity index is 1040. The third-order valence-electron chi connectivity index (χ3n) is 7.90. The van der Waals surface area contributed by atoms with Gasteiger partial charge in [-0.05, 0) is 88.2 Å². The van der Waals surface area contributed by atoms with Crippen molar-refractivity contribution in [1.82, 2.24) is 14.9 Å². The van der Waals surface area contributed by atoms with Crippen molar-refractivity contribution in [2.24, 2.45) is 0 Å². The molecule has 8 nitrogen and oxygen atoms in total. The van der Waals surface area contributed by atoms with Gasteiger partial charge in [-0.25, -0.2) is 4.98 Å². The van der Waals surface area contributed by atoms with E-state index in [-0.39, 0.29) is 18.1 Å². The number of carbonyl (C=O) groups is 1. The van der Waals surface area contributed by atoms with Crippen molar-refractivity contribution < 1.29 is 14.6 Å². The van der Waals surface area contributed by atoms with E-state index in [1.54, 1.807) is 6.20 Å². The molecule has 1 unspecified atom stereocenters. The van der Waals surface area contributed by atoms with Gasteiger partial charge in [0.1, 0.15) is 11.6 Å². The van der Waals surface area contributed by atoms with Gasteiger partial charge in [0.2, 0.25) is 5.95 Å². The first-order valence-electron chi connectivity index (χ1n) is 13.7. The lowest BCUT2D eigenvalue weighted by Crippen LogP contribution is -2.40. The zero-order chi connectivity index (χ0) is 24.9. The van der Waals surface area contributed by atoms with E-state index in [0.29, 0.717) is 36.5 Å². The standard InChI is InChI=1S/C28H39N5O3/c1-20-5-2-3-15-32(20)16-4-17-33(27(35)22-6-11-25-21(19-22)13-18-36-25)26-12-14-29-28(31-26)30-23-7-9-24(34)10-8-23/h6,11-12,14,19-20,23-24,34H,2-5,7-10,13,15-18H2,1H3,(H,29,30,31). The lowest BCUT2D eigenvalue weighted by molar-refractivity contribution is 0.0982. The van der Waals surface area contributed by atoms with Crippen LogP contribution in [0.25, 0.3) is 0 Å². The Morgan fingerprint density at radius 2 is 2.06 bits per heavy atom. The molecule has 8 heteroatoms. The third-order valence-corrected chi connectivity index (χ3v) is 7.90. The van der Waals surface area contributed by atoms with E-state index >= 15 is 0 Å². The molecule has 3 heterocycles. The van der Waals surface area contributed by atoms with Crippen LogP contribution in [0.1, 0.15) is 74.2 Å². The van der Waals surface area contributed by atoms with Crippen LogP contribution in [0.2, 0.25) is 0 Å². The minimum atomic E-state index is -0.205. The van der Waals surface area contributed by atoms with E-state index in [1.165, 1.54) is 19.3 Å². The molecule has 0 bridgehead atoms. The number of likely N-dealkylation sites (tertiary alicyclic amines) is 1. The summed E-state index contributed by atoms with van der Waals surface area (Å²) < 4.78 is 5.64. The number of carbonyl (C=O) groups excluding carboxylic acids is 1. The number of aromatic nitrogens is 2. The van der Waals surface area contributed by atoms with Crippen molar-refractivity contribution >= 4 is 17.7 Å². The quantitative estimate of drug-likeness (QED) is 0.574. The molecule has 1 amide bonds. The number of anilines is 2. The van der Waals surface area contributed by atoms with Crippen molar-refractivity contribution in [1.29, 1.82) is 0 Å². The van der Waals surface area contributed by atoms with Gasteiger partial charge in [0.25, 0.3) is 5.91 Å². The molecule has 36 heavy (non-hydrogen) atoms. The fraction of sp³-hybridized carbons (Fsp3) is 0.607. The van der Waals surface area contributed by atoms with Crippen LogP contribution in [0.3, 0.4) is 0 Å². The van der Waals surface area contributed by atoms with E-state index in [4.69, 9.17) is 9.72 Å². The van der Waals surface area contributed by atoms with Crippen LogP contribution in [0.5, 0.6) is 5.75 Å². The minimum absolute atomic E-state index is 0.0400. The zero-order valence-corrected chi connectivity index (χ0v) is 21.4. The van der Waals surface area contributed by atoms with Crippen molar-refractivity contribution in [3.63, 3.8) is 0 Å². The molecule has 5 rings (SSSR count). The van der Waals surface area contributed by atoms with Gasteiger partial charge >= 0.3 is 0 Å². The highest BCUT2D eigenvalue weighted by atomic mass is 16.5. The number of hydrogen-bond donors (Lipinski definition) is 2. The highest BCUT2D eigenvalue weighted by Crippen LogP contribution is 2.28. The molecule has 2 aliphatic heterocycles. The van der Waals surface area contributed by atoms with E-state index in [0.717, 1.165) is 62.9 Å². The van der Waals surface area contributed by atoms with Gasteiger partial charge in [-0.2, -0.15) is 4.98 Å². The van der Waals surface area contributed by atoms with Crippen LogP contribution in [0.4, 0.5) is 11.8 Å². The summed E-state index contributed by atoms with van der Waals surface area (Å²) in [5.41, 5.74) is 1.76. The molecule has 1 aliphatic carbocycles. The first kappa shape index (κ1) is 25.0. The van der Waals surface area contributed by atoms with Crippen LogP contribution in [-0.4, -0.2) is 70.3 Å². The van der Waals surface area contributed by atoms with Crippen molar-refractivity contribution in [3.05, 3.63) is 41.6 Å². The summed E-state index contributed by atoms with van der Waals surface area (Å²) in [4.78, 5) is 27.3. The van der Waals surface area contributed by atoms with E-state index in [1.807, 2.05) is 29.2 Å². The Morgan fingerprint density at radius 3 is 2.89 bits per heavy atom. The summed E-state index contributed by atoms with van der Waals surface area (Å²) in [6.45, 7) is 5.69. The Kier molecular flexibility index (Phi) is 8.02. The highest BCUT2D eigenvalue weighted by molar-refractivity contribution is 6.05. The molecule has 0 spiro atoms. The molecule has 194 valence electrons. The molecule has 1 atom stereocenters. The number of benzene rings is 1. The van der Waals surface area contributed by atoms with Gasteiger partial charge in [-0.3, -0.25) is 9.69 Å². The minimum Gasteiger partial charge on any atom is -0.493 e. The molecular formula is C28H39N5O3. The number of aliphatic hydroxyl groups is 1. The number of hydrogen-bond acceptors (Lipinski definition) is 7. The topological polar surface area (TPSA) is 90.8 Å². The first-order valence-corrected chi connectivity index (χ1v) is 13.7. The highest BCUT2D eigenvalue weighted by Gasteiger charge is 2.25. The van der Waals surface area contributed by atoms with Crippen LogP contribution < -0.4 is 15.0 Å². The van der Waals surface area contributed by atoms with Crippen LogP contribution in [-0.2, 0) is 6.42 Å². The Morgan fingerprint density at radius 1 is 1.19 bits per heavy atom. The molecule has 1 aromatic heterocycles. The second kappa shape index (κ2) is 11.6. The van der Waals surface area contributed by atoms with Gasteiger partial charge in [-0.1, -0.05) is 6.42 Å². The summed E-state index contributed by atoms with van der Waals surface area (Å²) in [6.07, 6.45) is 10.4. The molecule has 1 saturated heterocycles.